The van der Waals surface area contributed by atoms with Gasteiger partial charge in [0.05, 0.1) is 6.61 Å². The zero-order valence-electron chi connectivity index (χ0n) is 9.41. The van der Waals surface area contributed by atoms with Gasteiger partial charge in [0.2, 0.25) is 11.7 Å². The van der Waals surface area contributed by atoms with Crippen LogP contribution < -0.4 is 5.32 Å². The van der Waals surface area contributed by atoms with Crippen LogP contribution in [0.3, 0.4) is 0 Å². The van der Waals surface area contributed by atoms with Crippen molar-refractivity contribution in [3.05, 3.63) is 11.7 Å². The van der Waals surface area contributed by atoms with Crippen molar-refractivity contribution >= 4 is 0 Å². The minimum Gasteiger partial charge on any atom is -0.367 e. The molecule has 1 aromatic rings. The second-order valence-electron chi connectivity index (χ2n) is 4.77. The highest BCUT2D eigenvalue weighted by molar-refractivity contribution is 5.01. The minimum absolute atomic E-state index is 0.0707. The lowest BCUT2D eigenvalue weighted by molar-refractivity contribution is 0.0208. The van der Waals surface area contributed by atoms with Crippen LogP contribution in [0.5, 0.6) is 0 Å². The normalized spacial score (nSPS) is 23.0. The summed E-state index contributed by atoms with van der Waals surface area (Å²) in [6, 6.07) is 0. The van der Waals surface area contributed by atoms with Crippen molar-refractivity contribution in [3.63, 3.8) is 0 Å². The summed E-state index contributed by atoms with van der Waals surface area (Å²) in [5.74, 6) is 1.30. The molecule has 15 heavy (non-hydrogen) atoms. The molecule has 1 N–H and O–H groups in total. The number of morpholine rings is 1. The molecule has 84 valence electrons. The number of aromatic nitrogens is 2. The first kappa shape index (κ1) is 10.6. The first-order chi connectivity index (χ1) is 7.07. The lowest BCUT2D eigenvalue weighted by Crippen LogP contribution is -2.33. The summed E-state index contributed by atoms with van der Waals surface area (Å²) in [5.41, 5.74) is -0.104. The molecule has 0 spiro atoms. The Labute approximate surface area is 89.2 Å². The Bertz CT molecular complexity index is 324. The molecule has 5 heteroatoms. The van der Waals surface area contributed by atoms with E-state index in [2.05, 4.69) is 15.5 Å². The summed E-state index contributed by atoms with van der Waals surface area (Å²) in [6.07, 6.45) is -0.0707. The summed E-state index contributed by atoms with van der Waals surface area (Å²) in [6.45, 7) is 8.48. The van der Waals surface area contributed by atoms with Crippen LogP contribution in [0.1, 0.15) is 38.6 Å². The Balaban J connectivity index is 2.12. The average Bonchev–Trinajstić information content (AvgIpc) is 2.67. The van der Waals surface area contributed by atoms with Gasteiger partial charge in [0.25, 0.3) is 0 Å². The molecule has 1 atom stereocenters. The predicted octanol–water partition coefficient (Wildman–Crippen LogP) is 1.03. The molecular weight excluding hydrogens is 194 g/mol. The van der Waals surface area contributed by atoms with Gasteiger partial charge in [0.15, 0.2) is 0 Å². The third kappa shape index (κ3) is 2.35. The molecule has 1 aliphatic rings. The maximum Gasteiger partial charge on any atom is 0.232 e. The van der Waals surface area contributed by atoms with E-state index in [1.165, 1.54) is 0 Å². The Hall–Kier alpha value is -0.940. The largest absolute Gasteiger partial charge is 0.367 e. The summed E-state index contributed by atoms with van der Waals surface area (Å²) in [5, 5.41) is 7.19. The van der Waals surface area contributed by atoms with E-state index in [0.717, 1.165) is 13.1 Å². The summed E-state index contributed by atoms with van der Waals surface area (Å²) in [7, 11) is 0. The molecule has 0 aliphatic carbocycles. The van der Waals surface area contributed by atoms with Crippen LogP contribution in [-0.4, -0.2) is 29.8 Å². The molecule has 1 fully saturated rings. The van der Waals surface area contributed by atoms with E-state index < -0.39 is 0 Å². The van der Waals surface area contributed by atoms with E-state index in [1.54, 1.807) is 0 Å². The SMILES string of the molecule is CC(C)(C)c1nc(C2CNCCO2)no1. The van der Waals surface area contributed by atoms with Crippen molar-refractivity contribution in [1.82, 2.24) is 15.5 Å². The maximum atomic E-state index is 5.54. The monoisotopic (exact) mass is 211 g/mol. The molecule has 2 heterocycles. The maximum absolute atomic E-state index is 5.54. The van der Waals surface area contributed by atoms with Crippen LogP contribution in [0.25, 0.3) is 0 Å². The van der Waals surface area contributed by atoms with Crippen molar-refractivity contribution in [3.8, 4) is 0 Å². The van der Waals surface area contributed by atoms with E-state index >= 15 is 0 Å². The van der Waals surface area contributed by atoms with Crippen LogP contribution in [0, 0.1) is 0 Å². The van der Waals surface area contributed by atoms with E-state index in [0.29, 0.717) is 18.3 Å². The fraction of sp³-hybridized carbons (Fsp3) is 0.800. The van der Waals surface area contributed by atoms with Crippen molar-refractivity contribution < 1.29 is 9.26 Å². The second kappa shape index (κ2) is 3.90. The van der Waals surface area contributed by atoms with Gasteiger partial charge in [-0.2, -0.15) is 4.98 Å². The molecule has 1 aliphatic heterocycles. The van der Waals surface area contributed by atoms with Gasteiger partial charge in [0, 0.05) is 18.5 Å². The smallest absolute Gasteiger partial charge is 0.232 e. The molecular formula is C10H17N3O2. The Morgan fingerprint density at radius 3 is 2.73 bits per heavy atom. The standard InChI is InChI=1S/C10H17N3O2/c1-10(2,3)9-12-8(13-15-9)7-6-11-4-5-14-7/h7,11H,4-6H2,1-3H3. The summed E-state index contributed by atoms with van der Waals surface area (Å²) >= 11 is 0. The van der Waals surface area contributed by atoms with Crippen molar-refractivity contribution in [2.24, 2.45) is 0 Å². The van der Waals surface area contributed by atoms with Gasteiger partial charge in [0.1, 0.15) is 6.10 Å². The van der Waals surface area contributed by atoms with Crippen LogP contribution in [0.15, 0.2) is 4.52 Å². The first-order valence-electron chi connectivity index (χ1n) is 5.24. The van der Waals surface area contributed by atoms with Crippen LogP contribution in [0.4, 0.5) is 0 Å². The van der Waals surface area contributed by atoms with E-state index in [-0.39, 0.29) is 11.5 Å². The molecule has 2 rings (SSSR count). The fourth-order valence-electron chi connectivity index (χ4n) is 1.40. The van der Waals surface area contributed by atoms with Crippen molar-refractivity contribution in [2.75, 3.05) is 19.7 Å². The number of hydrogen-bond acceptors (Lipinski definition) is 5. The van der Waals surface area contributed by atoms with Gasteiger partial charge in [-0.15, -0.1) is 0 Å². The summed E-state index contributed by atoms with van der Waals surface area (Å²) in [4.78, 5) is 4.36. The number of nitrogens with one attached hydrogen (secondary N) is 1. The zero-order valence-corrected chi connectivity index (χ0v) is 9.41. The third-order valence-electron chi connectivity index (χ3n) is 2.30. The molecule has 1 saturated heterocycles. The number of nitrogens with zero attached hydrogens (tertiary/aromatic N) is 2. The Kier molecular flexibility index (Phi) is 2.75. The number of rotatable bonds is 1. The number of ether oxygens (including phenoxy) is 1. The van der Waals surface area contributed by atoms with E-state index in [1.807, 2.05) is 20.8 Å². The molecule has 1 unspecified atom stereocenters. The fourth-order valence-corrected chi connectivity index (χ4v) is 1.40. The Morgan fingerprint density at radius 2 is 2.20 bits per heavy atom. The molecule has 0 bridgehead atoms. The molecule has 0 aromatic carbocycles. The third-order valence-corrected chi connectivity index (χ3v) is 2.30. The van der Waals surface area contributed by atoms with Gasteiger partial charge in [-0.05, 0) is 0 Å². The molecule has 5 nitrogen and oxygen atoms in total. The second-order valence-corrected chi connectivity index (χ2v) is 4.77. The summed E-state index contributed by atoms with van der Waals surface area (Å²) < 4.78 is 10.8. The van der Waals surface area contributed by atoms with Gasteiger partial charge in [-0.3, -0.25) is 0 Å². The van der Waals surface area contributed by atoms with Crippen molar-refractivity contribution in [2.45, 2.75) is 32.3 Å². The lowest BCUT2D eigenvalue weighted by atomic mass is 9.97. The lowest BCUT2D eigenvalue weighted by Gasteiger charge is -2.20. The molecule has 0 radical (unpaired) electrons. The Morgan fingerprint density at radius 1 is 1.40 bits per heavy atom. The van der Waals surface area contributed by atoms with E-state index in [4.69, 9.17) is 9.26 Å². The van der Waals surface area contributed by atoms with Gasteiger partial charge in [-0.1, -0.05) is 25.9 Å². The first-order valence-corrected chi connectivity index (χ1v) is 5.24. The van der Waals surface area contributed by atoms with Gasteiger partial charge in [-0.25, -0.2) is 0 Å². The molecule has 1 aromatic heterocycles. The molecule has 0 saturated carbocycles. The average molecular weight is 211 g/mol. The highest BCUT2D eigenvalue weighted by atomic mass is 16.5. The van der Waals surface area contributed by atoms with Crippen molar-refractivity contribution in [1.29, 1.82) is 0 Å². The van der Waals surface area contributed by atoms with Gasteiger partial charge < -0.3 is 14.6 Å². The van der Waals surface area contributed by atoms with Crippen LogP contribution in [-0.2, 0) is 10.2 Å². The highest BCUT2D eigenvalue weighted by Gasteiger charge is 2.26. The zero-order chi connectivity index (χ0) is 10.9. The quantitative estimate of drug-likeness (QED) is 0.751. The minimum atomic E-state index is -0.104. The van der Waals surface area contributed by atoms with Crippen LogP contribution in [0.2, 0.25) is 0 Å². The predicted molar refractivity (Wildman–Crippen MR) is 54.6 cm³/mol. The van der Waals surface area contributed by atoms with Gasteiger partial charge >= 0.3 is 0 Å². The topological polar surface area (TPSA) is 60.2 Å². The number of hydrogen-bond donors (Lipinski definition) is 1. The molecule has 0 amide bonds. The highest BCUT2D eigenvalue weighted by Crippen LogP contribution is 2.23. The van der Waals surface area contributed by atoms with E-state index in [9.17, 15) is 0 Å². The van der Waals surface area contributed by atoms with Crippen LogP contribution >= 0.6 is 0 Å².